The van der Waals surface area contributed by atoms with Gasteiger partial charge in [-0.05, 0) is 44.7 Å². The minimum atomic E-state index is -3.10. The van der Waals surface area contributed by atoms with Crippen molar-refractivity contribution >= 4 is 9.84 Å². The van der Waals surface area contributed by atoms with E-state index in [0.29, 0.717) is 23.4 Å². The molecule has 3 rings (SSSR count). The fourth-order valence-electron chi connectivity index (χ4n) is 3.58. The van der Waals surface area contributed by atoms with E-state index in [0.717, 1.165) is 5.56 Å². The molecule has 2 heterocycles. The van der Waals surface area contributed by atoms with Gasteiger partial charge in [0.1, 0.15) is 0 Å². The summed E-state index contributed by atoms with van der Waals surface area (Å²) < 4.78 is 24.4. The Morgan fingerprint density at radius 1 is 1.10 bits per heavy atom. The highest BCUT2D eigenvalue weighted by Gasteiger charge is 2.33. The molecule has 1 aromatic carbocycles. The average molecular weight is 308 g/mol. The molecule has 1 fully saturated rings. The second-order valence-electron chi connectivity index (χ2n) is 6.36. The van der Waals surface area contributed by atoms with Crippen LogP contribution in [-0.2, 0) is 9.84 Å². The number of rotatable bonds is 2. The molecule has 3 unspecified atom stereocenters. The zero-order valence-electron chi connectivity index (χ0n) is 12.7. The van der Waals surface area contributed by atoms with E-state index in [1.807, 2.05) is 18.2 Å². The SMILES string of the molecule is CC1CCCC(C)N1NC1CCS(=O)(=O)c2ccccc21. The largest absolute Gasteiger partial charge is 0.247 e. The molecule has 21 heavy (non-hydrogen) atoms. The van der Waals surface area contributed by atoms with Gasteiger partial charge in [-0.2, -0.15) is 0 Å². The summed E-state index contributed by atoms with van der Waals surface area (Å²) in [6, 6.07) is 8.53. The maximum atomic E-state index is 12.2. The normalized spacial score (nSPS) is 32.6. The number of piperidine rings is 1. The van der Waals surface area contributed by atoms with E-state index >= 15 is 0 Å². The number of nitrogens with one attached hydrogen (secondary N) is 1. The Morgan fingerprint density at radius 2 is 1.76 bits per heavy atom. The lowest BCUT2D eigenvalue weighted by molar-refractivity contribution is 0.0277. The van der Waals surface area contributed by atoms with Crippen LogP contribution >= 0.6 is 0 Å². The van der Waals surface area contributed by atoms with Gasteiger partial charge in [0.2, 0.25) is 0 Å². The van der Waals surface area contributed by atoms with Gasteiger partial charge in [0.25, 0.3) is 0 Å². The first-order chi connectivity index (χ1) is 9.99. The standard InChI is InChI=1S/C16H24N2O2S/c1-12-6-5-7-13(2)18(12)17-15-10-11-21(19,20)16-9-4-3-8-14(15)16/h3-4,8-9,12-13,15,17H,5-7,10-11H2,1-2H3. The number of hydrogen-bond donors (Lipinski definition) is 1. The van der Waals surface area contributed by atoms with Crippen LogP contribution in [0.3, 0.4) is 0 Å². The molecule has 116 valence electrons. The van der Waals surface area contributed by atoms with Gasteiger partial charge in [0.05, 0.1) is 10.6 Å². The van der Waals surface area contributed by atoms with Crippen LogP contribution in [0.5, 0.6) is 0 Å². The van der Waals surface area contributed by atoms with Crippen molar-refractivity contribution in [3.63, 3.8) is 0 Å². The molecule has 5 heteroatoms. The molecule has 1 saturated heterocycles. The summed E-state index contributed by atoms with van der Waals surface area (Å²) in [4.78, 5) is 0.506. The Kier molecular flexibility index (Phi) is 4.08. The number of hydrogen-bond acceptors (Lipinski definition) is 4. The summed E-state index contributed by atoms with van der Waals surface area (Å²) in [6.07, 6.45) is 4.32. The lowest BCUT2D eigenvalue weighted by Crippen LogP contribution is -2.53. The summed E-state index contributed by atoms with van der Waals surface area (Å²) in [6.45, 7) is 4.49. The molecule has 1 aromatic rings. The van der Waals surface area contributed by atoms with Crippen molar-refractivity contribution < 1.29 is 8.42 Å². The van der Waals surface area contributed by atoms with E-state index in [4.69, 9.17) is 0 Å². The predicted molar refractivity (Wildman–Crippen MR) is 83.6 cm³/mol. The number of benzene rings is 1. The van der Waals surface area contributed by atoms with Gasteiger partial charge in [0, 0.05) is 18.1 Å². The van der Waals surface area contributed by atoms with Gasteiger partial charge in [-0.3, -0.25) is 0 Å². The Bertz CT molecular complexity index is 604. The molecule has 2 aliphatic heterocycles. The van der Waals surface area contributed by atoms with Crippen molar-refractivity contribution in [2.75, 3.05) is 5.75 Å². The molecular formula is C16H24N2O2S. The number of sulfone groups is 1. The van der Waals surface area contributed by atoms with Crippen LogP contribution in [-0.4, -0.2) is 31.3 Å². The van der Waals surface area contributed by atoms with E-state index in [9.17, 15) is 8.42 Å². The third-order valence-electron chi connectivity index (χ3n) is 4.80. The molecule has 1 N–H and O–H groups in total. The van der Waals surface area contributed by atoms with Gasteiger partial charge >= 0.3 is 0 Å². The van der Waals surface area contributed by atoms with Gasteiger partial charge < -0.3 is 0 Å². The van der Waals surface area contributed by atoms with Crippen LogP contribution in [0.1, 0.15) is 51.1 Å². The second kappa shape index (κ2) is 5.71. The quantitative estimate of drug-likeness (QED) is 0.912. The molecule has 2 aliphatic rings. The van der Waals surface area contributed by atoms with E-state index in [2.05, 4.69) is 24.3 Å². The lowest BCUT2D eigenvalue weighted by atomic mass is 9.99. The van der Waals surface area contributed by atoms with Crippen molar-refractivity contribution in [2.45, 2.75) is 62.6 Å². The molecular weight excluding hydrogens is 284 g/mol. The monoisotopic (exact) mass is 308 g/mol. The van der Waals surface area contributed by atoms with E-state index in [1.54, 1.807) is 6.07 Å². The summed E-state index contributed by atoms with van der Waals surface area (Å²) in [7, 11) is -3.10. The number of nitrogens with zero attached hydrogens (tertiary/aromatic N) is 1. The highest BCUT2D eigenvalue weighted by atomic mass is 32.2. The highest BCUT2D eigenvalue weighted by Crippen LogP contribution is 2.33. The average Bonchev–Trinajstić information content (AvgIpc) is 2.45. The fourth-order valence-corrected chi connectivity index (χ4v) is 5.20. The van der Waals surface area contributed by atoms with Crippen LogP contribution in [0, 0.1) is 0 Å². The first kappa shape index (κ1) is 15.0. The van der Waals surface area contributed by atoms with E-state index < -0.39 is 9.84 Å². The second-order valence-corrected chi connectivity index (χ2v) is 8.44. The van der Waals surface area contributed by atoms with Crippen molar-refractivity contribution in [1.29, 1.82) is 0 Å². The minimum absolute atomic E-state index is 0.104. The van der Waals surface area contributed by atoms with Crippen LogP contribution in [0.25, 0.3) is 0 Å². The first-order valence-electron chi connectivity index (χ1n) is 7.85. The van der Waals surface area contributed by atoms with Crippen molar-refractivity contribution in [3.8, 4) is 0 Å². The van der Waals surface area contributed by atoms with E-state index in [-0.39, 0.29) is 11.8 Å². The lowest BCUT2D eigenvalue weighted by Gasteiger charge is -2.42. The first-order valence-corrected chi connectivity index (χ1v) is 9.50. The Hall–Kier alpha value is -0.910. The van der Waals surface area contributed by atoms with Crippen molar-refractivity contribution in [3.05, 3.63) is 29.8 Å². The van der Waals surface area contributed by atoms with Crippen molar-refractivity contribution in [1.82, 2.24) is 10.4 Å². The fraction of sp³-hybridized carbons (Fsp3) is 0.625. The smallest absolute Gasteiger partial charge is 0.178 e. The number of hydrazine groups is 1. The summed E-state index contributed by atoms with van der Waals surface area (Å²) >= 11 is 0. The Morgan fingerprint density at radius 3 is 2.48 bits per heavy atom. The molecule has 0 spiro atoms. The maximum Gasteiger partial charge on any atom is 0.178 e. The van der Waals surface area contributed by atoms with Gasteiger partial charge in [-0.1, -0.05) is 24.6 Å². The third kappa shape index (κ3) is 2.87. The topological polar surface area (TPSA) is 49.4 Å². The molecule has 0 radical (unpaired) electrons. The molecule has 0 aromatic heterocycles. The summed E-state index contributed by atoms with van der Waals surface area (Å²) in [5.74, 6) is 0.234. The molecule has 0 bridgehead atoms. The number of fused-ring (bicyclic) bond motifs is 1. The van der Waals surface area contributed by atoms with Gasteiger partial charge in [-0.15, -0.1) is 0 Å². The third-order valence-corrected chi connectivity index (χ3v) is 6.62. The highest BCUT2D eigenvalue weighted by molar-refractivity contribution is 7.91. The van der Waals surface area contributed by atoms with Gasteiger partial charge in [-0.25, -0.2) is 18.9 Å². The molecule has 0 amide bonds. The summed E-state index contributed by atoms with van der Waals surface area (Å²) in [5, 5.41) is 2.34. The van der Waals surface area contributed by atoms with Crippen LogP contribution < -0.4 is 5.43 Å². The molecule has 3 atom stereocenters. The predicted octanol–water partition coefficient (Wildman–Crippen LogP) is 2.67. The molecule has 0 aliphatic carbocycles. The van der Waals surface area contributed by atoms with E-state index in [1.165, 1.54) is 19.3 Å². The Labute approximate surface area is 127 Å². The van der Waals surface area contributed by atoms with Crippen LogP contribution in [0.4, 0.5) is 0 Å². The van der Waals surface area contributed by atoms with Crippen LogP contribution in [0.2, 0.25) is 0 Å². The molecule has 4 nitrogen and oxygen atoms in total. The van der Waals surface area contributed by atoms with Crippen molar-refractivity contribution in [2.24, 2.45) is 0 Å². The van der Waals surface area contributed by atoms with Gasteiger partial charge in [0.15, 0.2) is 9.84 Å². The maximum absolute atomic E-state index is 12.2. The minimum Gasteiger partial charge on any atom is -0.247 e. The van der Waals surface area contributed by atoms with Crippen LogP contribution in [0.15, 0.2) is 29.2 Å². The zero-order valence-corrected chi connectivity index (χ0v) is 13.6. The summed E-state index contributed by atoms with van der Waals surface area (Å²) in [5.41, 5.74) is 4.54. The Balaban J connectivity index is 1.87. The zero-order chi connectivity index (χ0) is 15.0. The molecule has 0 saturated carbocycles.